The summed E-state index contributed by atoms with van der Waals surface area (Å²) >= 11 is 0. The van der Waals surface area contributed by atoms with Crippen LogP contribution < -0.4 is 20.1 Å². The van der Waals surface area contributed by atoms with Gasteiger partial charge in [0, 0.05) is 29.3 Å². The lowest BCUT2D eigenvalue weighted by Gasteiger charge is -2.12. The molecule has 0 aromatic heterocycles. The third-order valence-electron chi connectivity index (χ3n) is 3.87. The van der Waals surface area contributed by atoms with Gasteiger partial charge in [0.1, 0.15) is 11.5 Å². The second-order valence-electron chi connectivity index (χ2n) is 6.08. The van der Waals surface area contributed by atoms with Gasteiger partial charge in [0.05, 0.1) is 14.2 Å². The van der Waals surface area contributed by atoms with E-state index in [1.165, 1.54) is 0 Å². The van der Waals surface area contributed by atoms with Crippen LogP contribution in [0.15, 0.2) is 42.5 Å². The summed E-state index contributed by atoms with van der Waals surface area (Å²) in [5, 5.41) is 5.65. The molecule has 26 heavy (non-hydrogen) atoms. The van der Waals surface area contributed by atoms with E-state index in [9.17, 15) is 9.59 Å². The lowest BCUT2D eigenvalue weighted by atomic mass is 10.1. The highest BCUT2D eigenvalue weighted by atomic mass is 16.5. The number of rotatable bonds is 7. The van der Waals surface area contributed by atoms with Gasteiger partial charge in [0.15, 0.2) is 0 Å². The van der Waals surface area contributed by atoms with Crippen LogP contribution in [-0.2, 0) is 11.3 Å². The van der Waals surface area contributed by atoms with Crippen LogP contribution in [0, 0.1) is 5.92 Å². The minimum Gasteiger partial charge on any atom is -0.497 e. The zero-order valence-corrected chi connectivity index (χ0v) is 15.5. The number of nitrogens with one attached hydrogen (secondary N) is 2. The van der Waals surface area contributed by atoms with Gasteiger partial charge in [-0.3, -0.25) is 9.59 Å². The van der Waals surface area contributed by atoms with E-state index in [2.05, 4.69) is 10.6 Å². The topological polar surface area (TPSA) is 76.7 Å². The Balaban J connectivity index is 2.01. The Labute approximate surface area is 153 Å². The number of methoxy groups -OCH3 is 2. The molecule has 0 aliphatic rings. The fraction of sp³-hybridized carbons (Fsp3) is 0.300. The van der Waals surface area contributed by atoms with E-state index in [4.69, 9.17) is 9.47 Å². The molecular weight excluding hydrogens is 332 g/mol. The summed E-state index contributed by atoms with van der Waals surface area (Å²) in [6, 6.07) is 12.2. The number of benzene rings is 2. The highest BCUT2D eigenvalue weighted by molar-refractivity contribution is 5.96. The van der Waals surface area contributed by atoms with Crippen LogP contribution in [0.25, 0.3) is 0 Å². The summed E-state index contributed by atoms with van der Waals surface area (Å²) in [5.41, 5.74) is 1.99. The lowest BCUT2D eigenvalue weighted by Crippen LogP contribution is -2.23. The molecule has 0 spiro atoms. The summed E-state index contributed by atoms with van der Waals surface area (Å²) in [6.45, 7) is 3.96. The molecule has 0 aliphatic carbocycles. The van der Waals surface area contributed by atoms with Gasteiger partial charge in [-0.05, 0) is 42.5 Å². The average Bonchev–Trinajstić information content (AvgIpc) is 2.66. The van der Waals surface area contributed by atoms with E-state index >= 15 is 0 Å². The number of hydrogen-bond acceptors (Lipinski definition) is 4. The van der Waals surface area contributed by atoms with Crippen LogP contribution in [0.3, 0.4) is 0 Å². The summed E-state index contributed by atoms with van der Waals surface area (Å²) in [4.78, 5) is 24.0. The predicted molar refractivity (Wildman–Crippen MR) is 101 cm³/mol. The van der Waals surface area contributed by atoms with Gasteiger partial charge in [-0.2, -0.15) is 0 Å². The van der Waals surface area contributed by atoms with Crippen LogP contribution in [-0.4, -0.2) is 26.0 Å². The molecule has 0 unspecified atom stereocenters. The van der Waals surface area contributed by atoms with Crippen LogP contribution in [0.5, 0.6) is 11.5 Å². The summed E-state index contributed by atoms with van der Waals surface area (Å²) in [7, 11) is 3.17. The number of anilines is 1. The highest BCUT2D eigenvalue weighted by Crippen LogP contribution is 2.23. The SMILES string of the molecule is COc1ccc(OC)c(CNC(=O)c2ccc(NC(=O)C(C)C)cc2)c1. The molecule has 2 N–H and O–H groups in total. The van der Waals surface area contributed by atoms with Gasteiger partial charge in [-0.1, -0.05) is 13.8 Å². The Kier molecular flexibility index (Phi) is 6.60. The van der Waals surface area contributed by atoms with Gasteiger partial charge >= 0.3 is 0 Å². The Morgan fingerprint density at radius 2 is 1.69 bits per heavy atom. The average molecular weight is 356 g/mol. The maximum Gasteiger partial charge on any atom is 0.251 e. The summed E-state index contributed by atoms with van der Waals surface area (Å²) in [5.74, 6) is 0.998. The van der Waals surface area contributed by atoms with Crippen molar-refractivity contribution in [1.82, 2.24) is 5.32 Å². The molecule has 2 rings (SSSR count). The lowest BCUT2D eigenvalue weighted by molar-refractivity contribution is -0.118. The molecule has 138 valence electrons. The molecule has 6 nitrogen and oxygen atoms in total. The molecule has 2 amide bonds. The van der Waals surface area contributed by atoms with E-state index in [0.717, 1.165) is 5.56 Å². The minimum atomic E-state index is -0.211. The summed E-state index contributed by atoms with van der Waals surface area (Å²) < 4.78 is 10.5. The zero-order valence-electron chi connectivity index (χ0n) is 15.5. The molecule has 0 bridgehead atoms. The zero-order chi connectivity index (χ0) is 19.1. The van der Waals surface area contributed by atoms with E-state index in [-0.39, 0.29) is 17.7 Å². The molecule has 0 atom stereocenters. The third-order valence-corrected chi connectivity index (χ3v) is 3.87. The maximum absolute atomic E-state index is 12.3. The highest BCUT2D eigenvalue weighted by Gasteiger charge is 2.10. The van der Waals surface area contributed by atoms with Crippen molar-refractivity contribution in [1.29, 1.82) is 0 Å². The quantitative estimate of drug-likeness (QED) is 0.798. The fourth-order valence-corrected chi connectivity index (χ4v) is 2.29. The number of carbonyl (C=O) groups is 2. The van der Waals surface area contributed by atoms with E-state index in [1.54, 1.807) is 50.6 Å². The summed E-state index contributed by atoms with van der Waals surface area (Å²) in [6.07, 6.45) is 0. The predicted octanol–water partition coefficient (Wildman–Crippen LogP) is 3.23. The molecule has 2 aromatic rings. The Morgan fingerprint density at radius 1 is 1.00 bits per heavy atom. The third kappa shape index (κ3) is 4.99. The maximum atomic E-state index is 12.3. The van der Waals surface area contributed by atoms with E-state index < -0.39 is 0 Å². The van der Waals surface area contributed by atoms with Crippen molar-refractivity contribution < 1.29 is 19.1 Å². The fourth-order valence-electron chi connectivity index (χ4n) is 2.29. The van der Waals surface area contributed by atoms with Gasteiger partial charge in [-0.25, -0.2) is 0 Å². The van der Waals surface area contributed by atoms with Crippen molar-refractivity contribution in [2.45, 2.75) is 20.4 Å². The minimum absolute atomic E-state index is 0.0627. The monoisotopic (exact) mass is 356 g/mol. The van der Waals surface area contributed by atoms with Crippen LogP contribution in [0.1, 0.15) is 29.8 Å². The van der Waals surface area contributed by atoms with Crippen LogP contribution >= 0.6 is 0 Å². The molecule has 0 saturated carbocycles. The first-order chi connectivity index (χ1) is 12.4. The van der Waals surface area contributed by atoms with Crippen molar-refractivity contribution in [2.75, 3.05) is 19.5 Å². The van der Waals surface area contributed by atoms with Crippen molar-refractivity contribution in [3.63, 3.8) is 0 Å². The second kappa shape index (κ2) is 8.89. The van der Waals surface area contributed by atoms with Crippen molar-refractivity contribution in [3.8, 4) is 11.5 Å². The Bertz CT molecular complexity index is 770. The molecule has 0 fully saturated rings. The van der Waals surface area contributed by atoms with E-state index in [0.29, 0.717) is 29.3 Å². The smallest absolute Gasteiger partial charge is 0.251 e. The van der Waals surface area contributed by atoms with Crippen molar-refractivity contribution in [2.24, 2.45) is 5.92 Å². The largest absolute Gasteiger partial charge is 0.497 e. The molecule has 2 aromatic carbocycles. The first-order valence-electron chi connectivity index (χ1n) is 8.34. The standard InChI is InChI=1S/C20H24N2O4/c1-13(2)19(23)22-16-7-5-14(6-8-16)20(24)21-12-15-11-17(25-3)9-10-18(15)26-4/h5-11,13H,12H2,1-4H3,(H,21,24)(H,22,23). The van der Waals surface area contributed by atoms with E-state index in [1.807, 2.05) is 19.9 Å². The van der Waals surface area contributed by atoms with Gasteiger partial charge in [0.25, 0.3) is 5.91 Å². The molecule has 0 aliphatic heterocycles. The van der Waals surface area contributed by atoms with Gasteiger partial charge in [0.2, 0.25) is 5.91 Å². The molecule has 0 saturated heterocycles. The normalized spacial score (nSPS) is 10.3. The van der Waals surface area contributed by atoms with Gasteiger partial charge < -0.3 is 20.1 Å². The van der Waals surface area contributed by atoms with Crippen molar-refractivity contribution in [3.05, 3.63) is 53.6 Å². The van der Waals surface area contributed by atoms with Crippen LogP contribution in [0.2, 0.25) is 0 Å². The van der Waals surface area contributed by atoms with Crippen LogP contribution in [0.4, 0.5) is 5.69 Å². The van der Waals surface area contributed by atoms with Crippen molar-refractivity contribution >= 4 is 17.5 Å². The number of hydrogen-bond donors (Lipinski definition) is 2. The molecular formula is C20H24N2O4. The second-order valence-corrected chi connectivity index (χ2v) is 6.08. The molecule has 0 radical (unpaired) electrons. The number of carbonyl (C=O) groups excluding carboxylic acids is 2. The van der Waals surface area contributed by atoms with Gasteiger partial charge in [-0.15, -0.1) is 0 Å². The molecule has 0 heterocycles. The first-order valence-corrected chi connectivity index (χ1v) is 8.34. The Hall–Kier alpha value is -3.02. The molecule has 6 heteroatoms. The first kappa shape index (κ1) is 19.3. The number of amides is 2. The number of ether oxygens (including phenoxy) is 2. The Morgan fingerprint density at radius 3 is 2.27 bits per heavy atom.